The van der Waals surface area contributed by atoms with Gasteiger partial charge in [-0.2, -0.15) is 0 Å². The van der Waals surface area contributed by atoms with Gasteiger partial charge in [0, 0.05) is 45.3 Å². The summed E-state index contributed by atoms with van der Waals surface area (Å²) in [4.78, 5) is 36.5. The van der Waals surface area contributed by atoms with E-state index in [2.05, 4.69) is 61.5 Å². The van der Waals surface area contributed by atoms with Crippen LogP contribution < -0.4 is 10.4 Å². The largest absolute Gasteiger partial charge is 0.318 e. The van der Waals surface area contributed by atoms with Crippen molar-refractivity contribution in [2.75, 3.05) is 38.2 Å². The number of pyridine rings is 1. The van der Waals surface area contributed by atoms with Gasteiger partial charge in [-0.05, 0) is 37.6 Å². The van der Waals surface area contributed by atoms with Crippen molar-refractivity contribution >= 4 is 22.9 Å². The first kappa shape index (κ1) is 25.4. The number of nitrogens with zero attached hydrogens (tertiary/aromatic N) is 8. The zero-order valence-electron chi connectivity index (χ0n) is 22.6. The summed E-state index contributed by atoms with van der Waals surface area (Å²) in [7, 11) is 4.08. The molecule has 0 bridgehead atoms. The first-order valence-electron chi connectivity index (χ1n) is 13.7. The lowest BCUT2D eigenvalue weighted by atomic mass is 10.1. The van der Waals surface area contributed by atoms with Crippen LogP contribution in [0.3, 0.4) is 0 Å². The second-order valence-electron chi connectivity index (χ2n) is 10.7. The van der Waals surface area contributed by atoms with E-state index >= 15 is 0 Å². The minimum absolute atomic E-state index is 0.144. The van der Waals surface area contributed by atoms with Gasteiger partial charge in [0.2, 0.25) is 0 Å². The Kier molecular flexibility index (Phi) is 7.21. The van der Waals surface area contributed by atoms with Crippen molar-refractivity contribution < 1.29 is 4.79 Å². The van der Waals surface area contributed by atoms with Crippen molar-refractivity contribution in [2.45, 2.75) is 38.3 Å². The highest BCUT2D eigenvalue weighted by atomic mass is 16.2. The Hall–Kier alpha value is -3.89. The van der Waals surface area contributed by atoms with Crippen LogP contribution in [-0.4, -0.2) is 79.5 Å². The molecule has 39 heavy (non-hydrogen) atoms. The van der Waals surface area contributed by atoms with E-state index < -0.39 is 0 Å². The summed E-state index contributed by atoms with van der Waals surface area (Å²) in [6.07, 6.45) is 7.44. The molecule has 0 atom stereocenters. The Bertz CT molecular complexity index is 1440. The van der Waals surface area contributed by atoms with Gasteiger partial charge < -0.3 is 9.47 Å². The van der Waals surface area contributed by atoms with E-state index in [0.29, 0.717) is 17.0 Å². The number of likely N-dealkylation sites (N-methyl/N-ethyl adjacent to an activating group) is 1. The van der Waals surface area contributed by atoms with Gasteiger partial charge in [0.1, 0.15) is 12.0 Å². The molecule has 10 nitrogen and oxygen atoms in total. The summed E-state index contributed by atoms with van der Waals surface area (Å²) in [6, 6.07) is 14.3. The second-order valence-corrected chi connectivity index (χ2v) is 10.7. The van der Waals surface area contributed by atoms with Crippen molar-refractivity contribution in [3.63, 3.8) is 0 Å². The minimum atomic E-state index is -0.266. The number of fused-ring (bicyclic) bond motifs is 1. The van der Waals surface area contributed by atoms with Gasteiger partial charge in [0.25, 0.3) is 5.91 Å². The number of anilines is 1. The molecular weight excluding hydrogens is 490 g/mol. The zero-order valence-corrected chi connectivity index (χ0v) is 22.6. The number of amides is 1. The fourth-order valence-electron chi connectivity index (χ4n) is 5.52. The molecule has 1 aromatic carbocycles. The lowest BCUT2D eigenvalue weighted by molar-refractivity contribution is 0.0939. The molecule has 1 aliphatic heterocycles. The number of hydrogen-bond acceptors (Lipinski definition) is 8. The SMILES string of the molecule is CN1CCN(Cc2ccc(-c3cccc(C(=O)NN(c4ncnc5c4ncn5C)C4CCCC4)n3)cc2)CC1. The Balaban J connectivity index is 1.20. The predicted molar refractivity (Wildman–Crippen MR) is 151 cm³/mol. The Morgan fingerprint density at radius 1 is 0.974 bits per heavy atom. The Morgan fingerprint density at radius 3 is 2.51 bits per heavy atom. The van der Waals surface area contributed by atoms with Crippen LogP contribution >= 0.6 is 0 Å². The maximum absolute atomic E-state index is 13.5. The lowest BCUT2D eigenvalue weighted by Crippen LogP contribution is -2.48. The number of aromatic nitrogens is 5. The second kappa shape index (κ2) is 11.1. The third-order valence-corrected chi connectivity index (χ3v) is 7.85. The third kappa shape index (κ3) is 5.48. The molecule has 1 amide bonds. The Morgan fingerprint density at radius 2 is 1.74 bits per heavy atom. The molecular formula is C29H35N9O. The molecule has 1 saturated heterocycles. The smallest absolute Gasteiger partial charge is 0.288 e. The van der Waals surface area contributed by atoms with Crippen molar-refractivity contribution in [2.24, 2.45) is 7.05 Å². The molecule has 0 spiro atoms. The summed E-state index contributed by atoms with van der Waals surface area (Å²) in [6.45, 7) is 5.36. The van der Waals surface area contributed by atoms with E-state index in [1.54, 1.807) is 12.4 Å². The van der Waals surface area contributed by atoms with Crippen LogP contribution in [0.25, 0.3) is 22.4 Å². The van der Waals surface area contributed by atoms with Gasteiger partial charge in [-0.3, -0.25) is 20.1 Å². The molecule has 10 heteroatoms. The number of benzene rings is 1. The number of hydrazine groups is 1. The fraction of sp³-hybridized carbons (Fsp3) is 0.414. The van der Waals surface area contributed by atoms with Crippen LogP contribution in [-0.2, 0) is 13.6 Å². The van der Waals surface area contributed by atoms with E-state index in [4.69, 9.17) is 4.98 Å². The molecule has 4 heterocycles. The van der Waals surface area contributed by atoms with Gasteiger partial charge in [0.15, 0.2) is 17.0 Å². The van der Waals surface area contributed by atoms with E-state index in [-0.39, 0.29) is 11.9 Å². The standard InChI is InChI=1S/C29H35N9O/c1-35-14-16-37(17-15-35)18-21-10-12-22(13-11-21)24-8-5-9-25(33-24)29(39)34-38(23-6-3-4-7-23)28-26-27(30-19-31-28)36(2)20-32-26/h5,8-13,19-20,23H,3-4,6-7,14-18H2,1-2H3,(H,34,39). The summed E-state index contributed by atoms with van der Waals surface area (Å²) in [5.41, 5.74) is 7.93. The van der Waals surface area contributed by atoms with Gasteiger partial charge >= 0.3 is 0 Å². The highest BCUT2D eigenvalue weighted by molar-refractivity contribution is 5.95. The maximum atomic E-state index is 13.5. The predicted octanol–water partition coefficient (Wildman–Crippen LogP) is 3.27. The van der Waals surface area contributed by atoms with Crippen molar-refractivity contribution in [3.05, 3.63) is 66.4 Å². The molecule has 1 aliphatic carbocycles. The molecule has 1 N–H and O–H groups in total. The monoisotopic (exact) mass is 525 g/mol. The number of imidazole rings is 1. The molecule has 6 rings (SSSR count). The number of aryl methyl sites for hydroxylation is 1. The number of nitrogens with one attached hydrogen (secondary N) is 1. The van der Waals surface area contributed by atoms with Crippen LogP contribution in [0.2, 0.25) is 0 Å². The van der Waals surface area contributed by atoms with Crippen molar-refractivity contribution in [1.29, 1.82) is 0 Å². The van der Waals surface area contributed by atoms with E-state index in [1.165, 1.54) is 11.9 Å². The van der Waals surface area contributed by atoms with Crippen LogP contribution in [0.1, 0.15) is 41.7 Å². The molecule has 202 valence electrons. The maximum Gasteiger partial charge on any atom is 0.288 e. The highest BCUT2D eigenvalue weighted by Crippen LogP contribution is 2.29. The van der Waals surface area contributed by atoms with E-state index in [0.717, 1.165) is 75.3 Å². The summed E-state index contributed by atoms with van der Waals surface area (Å²) >= 11 is 0. The number of carbonyl (C=O) groups is 1. The van der Waals surface area contributed by atoms with Crippen molar-refractivity contribution in [3.8, 4) is 11.3 Å². The summed E-state index contributed by atoms with van der Waals surface area (Å²) in [5.74, 6) is 0.353. The number of hydrogen-bond donors (Lipinski definition) is 1. The topological polar surface area (TPSA) is 95.3 Å². The average molecular weight is 526 g/mol. The van der Waals surface area contributed by atoms with Gasteiger partial charge in [-0.15, -0.1) is 0 Å². The number of rotatable bonds is 7. The van der Waals surface area contributed by atoms with Crippen molar-refractivity contribution in [1.82, 2.24) is 39.7 Å². The minimum Gasteiger partial charge on any atom is -0.318 e. The van der Waals surface area contributed by atoms with Crippen LogP contribution in [0.15, 0.2) is 55.1 Å². The first-order chi connectivity index (χ1) is 19.0. The zero-order chi connectivity index (χ0) is 26.8. The summed E-state index contributed by atoms with van der Waals surface area (Å²) in [5, 5.41) is 1.88. The highest BCUT2D eigenvalue weighted by Gasteiger charge is 2.28. The summed E-state index contributed by atoms with van der Waals surface area (Å²) < 4.78 is 1.86. The molecule has 2 fully saturated rings. The van der Waals surface area contributed by atoms with Gasteiger partial charge in [-0.1, -0.05) is 43.2 Å². The number of carbonyl (C=O) groups excluding carboxylic acids is 1. The normalized spacial score (nSPS) is 17.1. The van der Waals surface area contributed by atoms with Crippen LogP contribution in [0, 0.1) is 0 Å². The fourth-order valence-corrected chi connectivity index (χ4v) is 5.52. The Labute approximate surface area is 228 Å². The lowest BCUT2D eigenvalue weighted by Gasteiger charge is -2.32. The van der Waals surface area contributed by atoms with E-state index in [9.17, 15) is 4.79 Å². The average Bonchev–Trinajstić information content (AvgIpc) is 3.64. The quantitative estimate of drug-likeness (QED) is 0.368. The molecule has 0 unspecified atom stereocenters. The van der Waals surface area contributed by atoms with Gasteiger partial charge in [-0.25, -0.2) is 19.9 Å². The van der Waals surface area contributed by atoms with Crippen LogP contribution in [0.4, 0.5) is 5.82 Å². The molecule has 1 saturated carbocycles. The first-order valence-corrected chi connectivity index (χ1v) is 13.7. The molecule has 4 aromatic rings. The molecule has 2 aliphatic rings. The molecule has 0 radical (unpaired) electrons. The van der Waals surface area contributed by atoms with Gasteiger partial charge in [0.05, 0.1) is 18.1 Å². The third-order valence-electron chi connectivity index (χ3n) is 7.85. The van der Waals surface area contributed by atoms with Crippen LogP contribution in [0.5, 0.6) is 0 Å². The number of piperazine rings is 1. The molecule has 3 aromatic heterocycles. The van der Waals surface area contributed by atoms with E-state index in [1.807, 2.05) is 28.8 Å².